The van der Waals surface area contributed by atoms with Gasteiger partial charge in [0, 0.05) is 19.3 Å². The summed E-state index contributed by atoms with van der Waals surface area (Å²) < 4.78 is 5.31. The number of carbonyl (C=O) groups excluding carboxylic acids is 1. The molecule has 0 saturated carbocycles. The number of aryl methyl sites for hydroxylation is 1. The Balaban J connectivity index is 1.89. The number of hydrogen-bond donors (Lipinski definition) is 0. The van der Waals surface area contributed by atoms with E-state index in [0.29, 0.717) is 17.9 Å². The quantitative estimate of drug-likeness (QED) is 0.819. The van der Waals surface area contributed by atoms with E-state index in [0.717, 1.165) is 36.5 Å². The van der Waals surface area contributed by atoms with Crippen molar-refractivity contribution < 1.29 is 9.32 Å². The smallest absolute Gasteiger partial charge is 0.259 e. The fraction of sp³-hybridized carbons (Fsp3) is 0.579. The van der Waals surface area contributed by atoms with Crippen molar-refractivity contribution in [3.63, 3.8) is 0 Å². The van der Waals surface area contributed by atoms with Crippen LogP contribution in [0.5, 0.6) is 0 Å². The van der Waals surface area contributed by atoms with Crippen LogP contribution in [0.15, 0.2) is 16.9 Å². The van der Waals surface area contributed by atoms with Gasteiger partial charge in [0.15, 0.2) is 0 Å². The Hall–Kier alpha value is -2.28. The van der Waals surface area contributed by atoms with Crippen LogP contribution in [0, 0.1) is 6.92 Å². The molecule has 1 amide bonds. The third kappa shape index (κ3) is 3.62. The van der Waals surface area contributed by atoms with Crippen LogP contribution < -0.4 is 0 Å². The average Bonchev–Trinajstić information content (AvgIpc) is 3.20. The first-order valence-corrected chi connectivity index (χ1v) is 9.11. The first-order chi connectivity index (χ1) is 12.4. The van der Waals surface area contributed by atoms with Crippen molar-refractivity contribution in [2.45, 2.75) is 52.1 Å². The number of carbonyl (C=O) groups is 1. The molecule has 1 fully saturated rings. The van der Waals surface area contributed by atoms with Gasteiger partial charge in [-0.3, -0.25) is 14.8 Å². The molecule has 0 bridgehead atoms. The van der Waals surface area contributed by atoms with Crippen molar-refractivity contribution in [2.24, 2.45) is 0 Å². The van der Waals surface area contributed by atoms with Gasteiger partial charge in [-0.2, -0.15) is 0 Å². The van der Waals surface area contributed by atoms with E-state index in [2.05, 4.69) is 15.0 Å². The Bertz CT molecular complexity index is 784. The molecule has 0 aliphatic carbocycles. The SMILES string of the molecule is Cc1onc(C(C)C)c1C(=O)N1CCC[C@H]1c1cncc(CN(C)C)n1. The highest BCUT2D eigenvalue weighted by Crippen LogP contribution is 2.34. The maximum absolute atomic E-state index is 13.3. The molecule has 7 nitrogen and oxygen atoms in total. The van der Waals surface area contributed by atoms with Crippen LogP contribution in [-0.4, -0.2) is 51.5 Å². The summed E-state index contributed by atoms with van der Waals surface area (Å²) in [4.78, 5) is 26.3. The van der Waals surface area contributed by atoms with Gasteiger partial charge >= 0.3 is 0 Å². The predicted molar refractivity (Wildman–Crippen MR) is 97.8 cm³/mol. The van der Waals surface area contributed by atoms with Crippen molar-refractivity contribution in [3.05, 3.63) is 40.8 Å². The highest BCUT2D eigenvalue weighted by Gasteiger charge is 2.35. The van der Waals surface area contributed by atoms with E-state index in [1.165, 1.54) is 0 Å². The van der Waals surface area contributed by atoms with E-state index in [1.807, 2.05) is 32.8 Å². The Morgan fingerprint density at radius 1 is 1.38 bits per heavy atom. The molecule has 0 N–H and O–H groups in total. The van der Waals surface area contributed by atoms with Crippen molar-refractivity contribution >= 4 is 5.91 Å². The highest BCUT2D eigenvalue weighted by atomic mass is 16.5. The molecule has 3 heterocycles. The summed E-state index contributed by atoms with van der Waals surface area (Å²) in [5.41, 5.74) is 3.10. The van der Waals surface area contributed by atoms with Gasteiger partial charge in [0.25, 0.3) is 5.91 Å². The lowest BCUT2D eigenvalue weighted by Crippen LogP contribution is -2.32. The zero-order valence-electron chi connectivity index (χ0n) is 16.2. The summed E-state index contributed by atoms with van der Waals surface area (Å²) in [6, 6.07) is -0.0496. The molecule has 0 unspecified atom stereocenters. The molecule has 2 aromatic rings. The zero-order valence-corrected chi connectivity index (χ0v) is 16.2. The van der Waals surface area contributed by atoms with Crippen molar-refractivity contribution in [2.75, 3.05) is 20.6 Å². The van der Waals surface area contributed by atoms with Gasteiger partial charge in [-0.15, -0.1) is 0 Å². The zero-order chi connectivity index (χ0) is 18.8. The number of hydrogen-bond acceptors (Lipinski definition) is 6. The molecular formula is C19H27N5O2. The molecule has 0 radical (unpaired) electrons. The molecule has 2 aromatic heterocycles. The molecule has 1 saturated heterocycles. The fourth-order valence-electron chi connectivity index (χ4n) is 3.49. The van der Waals surface area contributed by atoms with Crippen LogP contribution in [0.2, 0.25) is 0 Å². The molecule has 7 heteroatoms. The summed E-state index contributed by atoms with van der Waals surface area (Å²) in [7, 11) is 4.00. The maximum Gasteiger partial charge on any atom is 0.259 e. The molecule has 26 heavy (non-hydrogen) atoms. The predicted octanol–water partition coefficient (Wildman–Crippen LogP) is 2.94. The second-order valence-electron chi connectivity index (χ2n) is 7.48. The standard InChI is InChI=1S/C19H27N5O2/c1-12(2)18-17(13(3)26-22-18)19(25)24-8-6-7-16(24)15-10-20-9-14(21-15)11-23(4)5/h9-10,12,16H,6-8,11H2,1-5H3/t16-/m0/s1. The van der Waals surface area contributed by atoms with Crippen LogP contribution in [-0.2, 0) is 6.54 Å². The lowest BCUT2D eigenvalue weighted by Gasteiger charge is -2.25. The molecule has 0 spiro atoms. The largest absolute Gasteiger partial charge is 0.361 e. The van der Waals surface area contributed by atoms with Crippen LogP contribution in [0.3, 0.4) is 0 Å². The second kappa shape index (κ2) is 7.53. The van der Waals surface area contributed by atoms with Crippen molar-refractivity contribution in [1.29, 1.82) is 0 Å². The minimum absolute atomic E-state index is 0.0187. The van der Waals surface area contributed by atoms with Gasteiger partial charge in [-0.05, 0) is 39.8 Å². The van der Waals surface area contributed by atoms with Crippen LogP contribution in [0.4, 0.5) is 0 Å². The number of aromatic nitrogens is 3. The number of amides is 1. The maximum atomic E-state index is 13.3. The summed E-state index contributed by atoms with van der Waals surface area (Å²) in [6.45, 7) is 7.28. The normalized spacial score (nSPS) is 17.5. The van der Waals surface area contributed by atoms with Gasteiger partial charge < -0.3 is 14.3 Å². The van der Waals surface area contributed by atoms with Gasteiger partial charge in [0.05, 0.1) is 29.3 Å². The van der Waals surface area contributed by atoms with E-state index in [9.17, 15) is 4.79 Å². The highest BCUT2D eigenvalue weighted by molar-refractivity contribution is 5.96. The van der Waals surface area contributed by atoms with E-state index in [4.69, 9.17) is 9.51 Å². The Labute approximate surface area is 154 Å². The average molecular weight is 357 g/mol. The van der Waals surface area contributed by atoms with Gasteiger partial charge in [0.1, 0.15) is 11.3 Å². The number of likely N-dealkylation sites (tertiary alicyclic amines) is 1. The molecular weight excluding hydrogens is 330 g/mol. The van der Waals surface area contributed by atoms with Crippen LogP contribution in [0.1, 0.15) is 71.8 Å². The van der Waals surface area contributed by atoms with Gasteiger partial charge in [0.2, 0.25) is 0 Å². The minimum atomic E-state index is -0.0496. The lowest BCUT2D eigenvalue weighted by atomic mass is 10.0. The Morgan fingerprint density at radius 3 is 2.85 bits per heavy atom. The Morgan fingerprint density at radius 2 is 2.15 bits per heavy atom. The summed E-state index contributed by atoms with van der Waals surface area (Å²) >= 11 is 0. The van der Waals surface area contributed by atoms with E-state index in [-0.39, 0.29) is 17.9 Å². The van der Waals surface area contributed by atoms with Gasteiger partial charge in [-0.1, -0.05) is 19.0 Å². The number of rotatable bonds is 5. The summed E-state index contributed by atoms with van der Waals surface area (Å²) in [6.07, 6.45) is 5.41. The fourth-order valence-corrected chi connectivity index (χ4v) is 3.49. The van der Waals surface area contributed by atoms with Crippen LogP contribution >= 0.6 is 0 Å². The van der Waals surface area contributed by atoms with E-state index < -0.39 is 0 Å². The summed E-state index contributed by atoms with van der Waals surface area (Å²) in [5, 5.41) is 4.10. The number of nitrogens with zero attached hydrogens (tertiary/aromatic N) is 5. The first-order valence-electron chi connectivity index (χ1n) is 9.11. The molecule has 1 atom stereocenters. The Kier molecular flexibility index (Phi) is 5.36. The van der Waals surface area contributed by atoms with E-state index >= 15 is 0 Å². The van der Waals surface area contributed by atoms with Crippen LogP contribution in [0.25, 0.3) is 0 Å². The monoisotopic (exact) mass is 357 g/mol. The summed E-state index contributed by atoms with van der Waals surface area (Å²) in [5.74, 6) is 0.696. The molecule has 0 aromatic carbocycles. The molecule has 3 rings (SSSR count). The topological polar surface area (TPSA) is 75.4 Å². The molecule has 1 aliphatic rings. The molecule has 140 valence electrons. The van der Waals surface area contributed by atoms with Gasteiger partial charge in [-0.25, -0.2) is 0 Å². The first kappa shape index (κ1) is 18.5. The minimum Gasteiger partial charge on any atom is -0.361 e. The van der Waals surface area contributed by atoms with Crippen molar-refractivity contribution in [3.8, 4) is 0 Å². The third-order valence-corrected chi connectivity index (χ3v) is 4.69. The second-order valence-corrected chi connectivity index (χ2v) is 7.48. The lowest BCUT2D eigenvalue weighted by molar-refractivity contribution is 0.0729. The van der Waals surface area contributed by atoms with E-state index in [1.54, 1.807) is 19.3 Å². The molecule has 1 aliphatic heterocycles. The third-order valence-electron chi connectivity index (χ3n) is 4.69. The van der Waals surface area contributed by atoms with Crippen molar-refractivity contribution in [1.82, 2.24) is 24.9 Å².